The van der Waals surface area contributed by atoms with E-state index < -0.39 is 21.9 Å². The molecule has 0 radical (unpaired) electrons. The van der Waals surface area contributed by atoms with Crippen molar-refractivity contribution < 1.29 is 27.2 Å². The average molecular weight is 940 g/mol. The number of halogens is 1. The lowest BCUT2D eigenvalue weighted by atomic mass is 9.89. The predicted octanol–water partition coefficient (Wildman–Crippen LogP) is 7.13. The first-order chi connectivity index (χ1) is 31.6. The van der Waals surface area contributed by atoms with Gasteiger partial charge in [0.25, 0.3) is 0 Å². The molecule has 19 heteroatoms. The molecule has 6 heterocycles. The van der Waals surface area contributed by atoms with Gasteiger partial charge in [0.1, 0.15) is 6.04 Å². The molecule has 0 spiro atoms. The Balaban J connectivity index is 0.819. The molecule has 2 aromatic carbocycles. The number of carbonyl (C=O) groups is 3. The molecule has 3 saturated heterocycles. The first-order valence-electron chi connectivity index (χ1n) is 22.7. The van der Waals surface area contributed by atoms with Crippen LogP contribution in [0.15, 0.2) is 67.1 Å². The lowest BCUT2D eigenvalue weighted by molar-refractivity contribution is -0.135. The van der Waals surface area contributed by atoms with Crippen molar-refractivity contribution in [1.29, 1.82) is 0 Å². The summed E-state index contributed by atoms with van der Waals surface area (Å²) in [5.41, 5.74) is 3.42. The van der Waals surface area contributed by atoms with Crippen molar-refractivity contribution in [3.63, 3.8) is 0 Å². The number of hydrogen-bond acceptors (Lipinski definition) is 13. The van der Waals surface area contributed by atoms with E-state index in [0.717, 1.165) is 49.5 Å². The Bertz CT molecular complexity index is 2650. The summed E-state index contributed by atoms with van der Waals surface area (Å²) in [6, 6.07) is 14.2. The highest BCUT2D eigenvalue weighted by molar-refractivity contribution is 7.92. The molecule has 4 N–H and O–H groups in total. The molecule has 1 atom stereocenters. The number of nitrogens with one attached hydrogen (secondary N) is 4. The highest BCUT2D eigenvalue weighted by Gasteiger charge is 2.30. The number of carbonyl (C=O) groups excluding carboxylic acids is 3. The molecule has 350 valence electrons. The van der Waals surface area contributed by atoms with Crippen molar-refractivity contribution in [1.82, 2.24) is 39.8 Å². The van der Waals surface area contributed by atoms with Crippen molar-refractivity contribution in [2.24, 2.45) is 5.92 Å². The summed E-state index contributed by atoms with van der Waals surface area (Å²) in [5, 5.41) is 14.3. The third-order valence-electron chi connectivity index (χ3n) is 12.4. The standard InChI is InChI=1S/C47H58FN11O5S2/c1-5-25-66(63,64)56-36-8-6-7-35(41(36)48)42-43(65-45(55-42)47(2,3)4)37-15-20-49-46(53-37)52-34-26-50-59(28-34)27-30-16-23-58(24-17-30)40(61)29-57-21-18-32(19-22-57)31-9-11-33(12-10-31)51-38-13-14-39(60)54-44(38)62/h6-12,15,20,26,28,30,32,38,51,56H,5,13-14,16-19,21-25,27,29H2,1-4H3,(H,49,52,53)(H,54,60,62)/t38-/m1/s1. The largest absolute Gasteiger partial charge is 0.374 e. The van der Waals surface area contributed by atoms with E-state index in [4.69, 9.17) is 9.97 Å². The van der Waals surface area contributed by atoms with Gasteiger partial charge < -0.3 is 15.5 Å². The Morgan fingerprint density at radius 3 is 2.42 bits per heavy atom. The van der Waals surface area contributed by atoms with Crippen LogP contribution in [0.4, 0.5) is 27.4 Å². The van der Waals surface area contributed by atoms with E-state index in [1.165, 1.54) is 23.0 Å². The summed E-state index contributed by atoms with van der Waals surface area (Å²) in [5.74, 6) is -0.0491. The van der Waals surface area contributed by atoms with Crippen molar-refractivity contribution in [3.05, 3.63) is 83.5 Å². The van der Waals surface area contributed by atoms with Gasteiger partial charge in [-0.15, -0.1) is 11.3 Å². The second-order valence-corrected chi connectivity index (χ2v) is 21.4. The number of rotatable bonds is 15. The zero-order chi connectivity index (χ0) is 46.6. The molecule has 3 aliphatic rings. The normalized spacial score (nSPS) is 18.0. The predicted molar refractivity (Wildman–Crippen MR) is 254 cm³/mol. The van der Waals surface area contributed by atoms with E-state index in [0.29, 0.717) is 85.2 Å². The number of imide groups is 1. The molecule has 16 nitrogen and oxygen atoms in total. The molecule has 3 amide bonds. The zero-order valence-electron chi connectivity index (χ0n) is 37.8. The molecule has 5 aromatic rings. The fourth-order valence-corrected chi connectivity index (χ4v) is 10.9. The van der Waals surface area contributed by atoms with Gasteiger partial charge in [-0.1, -0.05) is 45.9 Å². The molecule has 66 heavy (non-hydrogen) atoms. The Kier molecular flexibility index (Phi) is 14.1. The summed E-state index contributed by atoms with van der Waals surface area (Å²) in [6.45, 7) is 12.1. The van der Waals surface area contributed by atoms with Crippen molar-refractivity contribution in [3.8, 4) is 21.8 Å². The minimum atomic E-state index is -3.72. The number of anilines is 4. The maximum absolute atomic E-state index is 16.1. The van der Waals surface area contributed by atoms with Crippen LogP contribution in [0.25, 0.3) is 21.8 Å². The van der Waals surface area contributed by atoms with Crippen LogP contribution >= 0.6 is 11.3 Å². The van der Waals surface area contributed by atoms with Gasteiger partial charge in [-0.05, 0) is 99.3 Å². The SMILES string of the molecule is CCCS(=O)(=O)Nc1cccc(-c2nc(C(C)(C)C)sc2-c2ccnc(Nc3cnn(CC4CCN(C(=O)CN5CCC(c6ccc(N[C@@H]7CCC(=O)NC7=O)cc6)CC5)CC4)c3)n2)c1F. The van der Waals surface area contributed by atoms with Crippen LogP contribution in [0.2, 0.25) is 0 Å². The molecule has 0 bridgehead atoms. The van der Waals surface area contributed by atoms with Gasteiger partial charge in [-0.2, -0.15) is 5.10 Å². The number of aromatic nitrogens is 5. The number of amides is 3. The Hall–Kier alpha value is -5.79. The summed E-state index contributed by atoms with van der Waals surface area (Å²) in [7, 11) is -3.72. The second kappa shape index (κ2) is 20.0. The molecule has 8 rings (SSSR count). The Morgan fingerprint density at radius 1 is 0.955 bits per heavy atom. The van der Waals surface area contributed by atoms with Crippen molar-refractivity contribution in [2.45, 2.75) is 96.6 Å². The van der Waals surface area contributed by atoms with Gasteiger partial charge in [0.2, 0.25) is 33.7 Å². The lowest BCUT2D eigenvalue weighted by Gasteiger charge is -2.36. The van der Waals surface area contributed by atoms with Crippen LogP contribution in [0, 0.1) is 11.7 Å². The molecule has 0 unspecified atom stereocenters. The third-order valence-corrected chi connectivity index (χ3v) is 15.3. The minimum absolute atomic E-state index is 0.122. The number of benzene rings is 2. The third kappa shape index (κ3) is 11.4. The number of likely N-dealkylation sites (tertiary alicyclic amines) is 2. The van der Waals surface area contributed by atoms with Gasteiger partial charge in [0, 0.05) is 55.1 Å². The summed E-state index contributed by atoms with van der Waals surface area (Å²) >= 11 is 1.41. The Morgan fingerprint density at radius 2 is 1.71 bits per heavy atom. The molecule has 3 fully saturated rings. The molecule has 3 aromatic heterocycles. The van der Waals surface area contributed by atoms with Crippen LogP contribution in [-0.2, 0) is 36.4 Å². The molecule has 3 aliphatic heterocycles. The highest BCUT2D eigenvalue weighted by Crippen LogP contribution is 2.42. The monoisotopic (exact) mass is 939 g/mol. The Labute approximate surface area is 389 Å². The van der Waals surface area contributed by atoms with E-state index in [1.807, 2.05) is 48.7 Å². The van der Waals surface area contributed by atoms with E-state index in [2.05, 4.69) is 47.8 Å². The van der Waals surface area contributed by atoms with Crippen LogP contribution in [0.3, 0.4) is 0 Å². The summed E-state index contributed by atoms with van der Waals surface area (Å²) in [6.07, 6.45) is 10.2. The first kappa shape index (κ1) is 46.7. The molecular formula is C47H58FN11O5S2. The van der Waals surface area contributed by atoms with Gasteiger partial charge >= 0.3 is 0 Å². The topological polar surface area (TPSA) is 196 Å². The van der Waals surface area contributed by atoms with Gasteiger partial charge in [0.15, 0.2) is 5.82 Å². The number of thiazole rings is 1. The molecule has 0 aliphatic carbocycles. The van der Waals surface area contributed by atoms with Crippen LogP contribution in [0.5, 0.6) is 0 Å². The first-order valence-corrected chi connectivity index (χ1v) is 25.2. The highest BCUT2D eigenvalue weighted by atomic mass is 32.2. The van der Waals surface area contributed by atoms with Gasteiger partial charge in [-0.25, -0.2) is 27.8 Å². The fraction of sp³-hybridized carbons (Fsp3) is 0.468. The van der Waals surface area contributed by atoms with Crippen LogP contribution in [-0.4, -0.2) is 105 Å². The van der Waals surface area contributed by atoms with Crippen LogP contribution in [0.1, 0.15) is 89.1 Å². The van der Waals surface area contributed by atoms with E-state index in [1.54, 1.807) is 37.5 Å². The number of sulfonamides is 1. The van der Waals surface area contributed by atoms with Crippen molar-refractivity contribution in [2.75, 3.05) is 53.8 Å². The maximum atomic E-state index is 16.1. The number of nitrogens with zero attached hydrogens (tertiary/aromatic N) is 7. The smallest absolute Gasteiger partial charge is 0.249 e. The quantitative estimate of drug-likeness (QED) is 0.0777. The zero-order valence-corrected chi connectivity index (χ0v) is 39.5. The second-order valence-electron chi connectivity index (χ2n) is 18.5. The number of hydrogen-bond donors (Lipinski definition) is 4. The van der Waals surface area contributed by atoms with E-state index in [9.17, 15) is 22.8 Å². The van der Waals surface area contributed by atoms with Gasteiger partial charge in [0.05, 0.1) is 51.1 Å². The van der Waals surface area contributed by atoms with E-state index in [-0.39, 0.29) is 40.1 Å². The van der Waals surface area contributed by atoms with E-state index >= 15 is 4.39 Å². The minimum Gasteiger partial charge on any atom is -0.374 e. The van der Waals surface area contributed by atoms with Crippen molar-refractivity contribution >= 4 is 62.1 Å². The fourth-order valence-electron chi connectivity index (χ4n) is 8.71. The maximum Gasteiger partial charge on any atom is 0.249 e. The average Bonchev–Trinajstić information content (AvgIpc) is 3.94. The summed E-state index contributed by atoms with van der Waals surface area (Å²) in [4.78, 5) is 56.0. The molecule has 0 saturated carbocycles. The van der Waals surface area contributed by atoms with Gasteiger partial charge in [-0.3, -0.25) is 34.0 Å². The summed E-state index contributed by atoms with van der Waals surface area (Å²) < 4.78 is 45.5. The number of piperidine rings is 3. The van der Waals surface area contributed by atoms with Crippen LogP contribution < -0.4 is 20.7 Å². The molecular weight excluding hydrogens is 882 g/mol. The lowest BCUT2D eigenvalue weighted by Crippen LogP contribution is -2.47.